The highest BCUT2D eigenvalue weighted by Crippen LogP contribution is 2.31. The number of hydrogen-bond donors (Lipinski definition) is 1. The van der Waals surface area contributed by atoms with Gasteiger partial charge in [-0.25, -0.2) is 9.79 Å². The van der Waals surface area contributed by atoms with Crippen LogP contribution in [0.2, 0.25) is 0 Å². The largest absolute Gasteiger partial charge is 0.346 e. The van der Waals surface area contributed by atoms with Crippen molar-refractivity contribution in [2.75, 3.05) is 11.9 Å². The summed E-state index contributed by atoms with van der Waals surface area (Å²) in [5, 5.41) is 9.09. The summed E-state index contributed by atoms with van der Waals surface area (Å²) in [4.78, 5) is 23.1. The molecule has 7 nitrogen and oxygen atoms in total. The molecule has 7 heteroatoms. The van der Waals surface area contributed by atoms with Crippen molar-refractivity contribution in [1.82, 2.24) is 5.06 Å². The molecule has 5 rings (SSSR count). The molecule has 1 saturated heterocycles. The Morgan fingerprint density at radius 3 is 2.94 bits per heavy atom. The van der Waals surface area contributed by atoms with Crippen molar-refractivity contribution in [2.45, 2.75) is 25.6 Å². The Labute approximate surface area is 186 Å². The number of hydrogen-bond acceptors (Lipinski definition) is 4. The molecular weight excluding hydrogens is 402 g/mol. The smallest absolute Gasteiger partial charge is 0.306 e. The number of fused-ring (bicyclic) bond motifs is 1. The number of hydrazone groups is 1. The summed E-state index contributed by atoms with van der Waals surface area (Å²) in [6.45, 7) is 2.45. The third-order valence-electron chi connectivity index (χ3n) is 5.70. The van der Waals surface area contributed by atoms with Crippen molar-refractivity contribution in [1.29, 1.82) is 0 Å². The molecule has 1 fully saturated rings. The Kier molecular flexibility index (Phi) is 5.13. The van der Waals surface area contributed by atoms with Crippen molar-refractivity contribution < 1.29 is 14.3 Å². The lowest BCUT2D eigenvalue weighted by Gasteiger charge is -2.23. The second kappa shape index (κ2) is 8.25. The van der Waals surface area contributed by atoms with E-state index in [0.29, 0.717) is 18.0 Å². The number of nitrogens with one attached hydrogen (secondary N) is 1. The van der Waals surface area contributed by atoms with Gasteiger partial charge in [-0.15, -0.1) is 6.42 Å². The molecule has 2 aromatic carbocycles. The highest BCUT2D eigenvalue weighted by Gasteiger charge is 2.33. The standard InChI is InChI=1S/C25H21N5O2/c1-3-20-16-26-24-12-11-21(28-29(20)24)19-10-9-17(2)22(15-19)27-25(31)30-23(13-14-32-30)18-7-5-4-6-8-18/h1,4-12,15-16,23-24H,13-14H2,2H3/p+1/t23-,24?/m0/s1. The van der Waals surface area contributed by atoms with Crippen LogP contribution in [-0.4, -0.2) is 46.2 Å². The topological polar surface area (TPSA) is 69.3 Å². The van der Waals surface area contributed by atoms with Crippen LogP contribution in [-0.2, 0) is 4.84 Å². The summed E-state index contributed by atoms with van der Waals surface area (Å²) in [7, 11) is 0. The quantitative estimate of drug-likeness (QED) is 0.603. The van der Waals surface area contributed by atoms with E-state index in [0.717, 1.165) is 28.8 Å². The highest BCUT2D eigenvalue weighted by atomic mass is 16.7. The molecule has 3 aliphatic heterocycles. The number of hydroxylamine groups is 2. The van der Waals surface area contributed by atoms with Gasteiger partial charge in [0.1, 0.15) is 11.9 Å². The van der Waals surface area contributed by atoms with Crippen LogP contribution in [0.3, 0.4) is 0 Å². The first kappa shape index (κ1) is 19.9. The van der Waals surface area contributed by atoms with Crippen molar-refractivity contribution >= 4 is 29.4 Å². The molecule has 0 saturated carbocycles. The zero-order chi connectivity index (χ0) is 22.1. The Hall–Kier alpha value is -4.02. The van der Waals surface area contributed by atoms with Crippen LogP contribution in [0.5, 0.6) is 0 Å². The Morgan fingerprint density at radius 2 is 2.12 bits per heavy atom. The number of aryl methyl sites for hydroxylation is 1. The molecular formula is C25H22N5O2+. The van der Waals surface area contributed by atoms with Gasteiger partial charge in [0.25, 0.3) is 6.17 Å². The number of amides is 2. The first-order valence-corrected chi connectivity index (χ1v) is 10.5. The van der Waals surface area contributed by atoms with Crippen molar-refractivity contribution in [3.05, 3.63) is 77.4 Å². The van der Waals surface area contributed by atoms with Crippen LogP contribution in [0.15, 0.2) is 70.8 Å². The number of anilines is 1. The average molecular weight is 424 g/mol. The molecule has 2 amide bonds. The van der Waals surface area contributed by atoms with E-state index >= 15 is 0 Å². The maximum atomic E-state index is 13.1. The number of terminal acetylenes is 1. The average Bonchev–Trinajstić information content (AvgIpc) is 3.48. The van der Waals surface area contributed by atoms with Gasteiger partial charge in [0.05, 0.1) is 12.6 Å². The lowest BCUT2D eigenvalue weighted by molar-refractivity contribution is -0.553. The van der Waals surface area contributed by atoms with Gasteiger partial charge in [-0.2, -0.15) is 5.06 Å². The fraction of sp³-hybridized carbons (Fsp3) is 0.200. The van der Waals surface area contributed by atoms with Gasteiger partial charge in [0.2, 0.25) is 0 Å². The van der Waals surface area contributed by atoms with Gasteiger partial charge < -0.3 is 5.32 Å². The number of allylic oxidation sites excluding steroid dienone is 1. The maximum absolute atomic E-state index is 13.1. The number of urea groups is 1. The minimum atomic E-state index is -0.298. The Balaban J connectivity index is 1.39. The Morgan fingerprint density at radius 1 is 1.28 bits per heavy atom. The summed E-state index contributed by atoms with van der Waals surface area (Å²) in [6.07, 6.45) is 11.6. The number of benzene rings is 2. The highest BCUT2D eigenvalue weighted by molar-refractivity contribution is 6.36. The minimum Gasteiger partial charge on any atom is -0.306 e. The van der Waals surface area contributed by atoms with Crippen LogP contribution >= 0.6 is 0 Å². The summed E-state index contributed by atoms with van der Waals surface area (Å²) in [5.41, 5.74) is 4.93. The fourth-order valence-corrected chi connectivity index (χ4v) is 3.97. The second-order valence-electron chi connectivity index (χ2n) is 7.74. The van der Waals surface area contributed by atoms with E-state index in [1.165, 1.54) is 5.06 Å². The van der Waals surface area contributed by atoms with E-state index in [1.807, 2.05) is 67.6 Å². The summed E-state index contributed by atoms with van der Waals surface area (Å²) in [6, 6.07) is 15.3. The van der Waals surface area contributed by atoms with Crippen LogP contribution in [0, 0.1) is 19.3 Å². The molecule has 1 unspecified atom stereocenters. The van der Waals surface area contributed by atoms with Crippen molar-refractivity contribution in [3.8, 4) is 12.3 Å². The first-order chi connectivity index (χ1) is 15.6. The van der Waals surface area contributed by atoms with Gasteiger partial charge in [-0.05, 0) is 34.9 Å². The zero-order valence-corrected chi connectivity index (χ0v) is 17.6. The number of carbonyl (C=O) groups excluding carboxylic acids is 1. The molecule has 3 aliphatic rings. The molecule has 0 bridgehead atoms. The van der Waals surface area contributed by atoms with Crippen molar-refractivity contribution in [3.63, 3.8) is 0 Å². The molecule has 0 radical (unpaired) electrons. The Bertz CT molecular complexity index is 1240. The van der Waals surface area contributed by atoms with Gasteiger partial charge in [-0.1, -0.05) is 42.5 Å². The van der Waals surface area contributed by atoms with Crippen LogP contribution in [0.25, 0.3) is 0 Å². The van der Waals surface area contributed by atoms with Crippen molar-refractivity contribution in [2.24, 2.45) is 10.1 Å². The van der Waals surface area contributed by atoms with Gasteiger partial charge in [-0.3, -0.25) is 4.84 Å². The molecule has 158 valence electrons. The molecule has 0 spiro atoms. The van der Waals surface area contributed by atoms with E-state index < -0.39 is 0 Å². The van der Waals surface area contributed by atoms with E-state index in [4.69, 9.17) is 11.3 Å². The zero-order valence-electron chi connectivity index (χ0n) is 17.6. The third-order valence-corrected chi connectivity index (χ3v) is 5.70. The minimum absolute atomic E-state index is 0.116. The molecule has 32 heavy (non-hydrogen) atoms. The SMILES string of the molecule is C#CC1=[N+]2N=C(c3ccc(C)c(NC(=O)N4OCC[C@H]4c4ccccc4)c3)C=CC2N=C1. The lowest BCUT2D eigenvalue weighted by Crippen LogP contribution is -2.33. The normalized spacial score (nSPS) is 21.4. The van der Waals surface area contributed by atoms with Crippen LogP contribution in [0.1, 0.15) is 29.2 Å². The summed E-state index contributed by atoms with van der Waals surface area (Å²) in [5.74, 6) is 2.61. The van der Waals surface area contributed by atoms with Crippen LogP contribution < -0.4 is 5.32 Å². The predicted molar refractivity (Wildman–Crippen MR) is 124 cm³/mol. The number of carbonyl (C=O) groups is 1. The number of nitrogens with zero attached hydrogens (tertiary/aromatic N) is 4. The van der Waals surface area contributed by atoms with Gasteiger partial charge in [0, 0.05) is 34.8 Å². The summed E-state index contributed by atoms with van der Waals surface area (Å²) < 4.78 is 1.72. The van der Waals surface area contributed by atoms with E-state index in [1.54, 1.807) is 10.9 Å². The molecule has 0 aliphatic carbocycles. The molecule has 1 N–H and O–H groups in total. The van der Waals surface area contributed by atoms with Gasteiger partial charge in [0.15, 0.2) is 0 Å². The first-order valence-electron chi connectivity index (χ1n) is 10.5. The number of aliphatic imine (C=N–C) groups is 1. The molecule has 2 atom stereocenters. The third kappa shape index (κ3) is 3.61. The fourth-order valence-electron chi connectivity index (χ4n) is 3.97. The molecule has 0 aromatic heterocycles. The van der Waals surface area contributed by atoms with E-state index in [9.17, 15) is 4.79 Å². The van der Waals surface area contributed by atoms with E-state index in [2.05, 4.69) is 21.3 Å². The predicted octanol–water partition coefficient (Wildman–Crippen LogP) is 3.68. The van der Waals surface area contributed by atoms with Crippen LogP contribution in [0.4, 0.5) is 10.5 Å². The molecule has 2 aromatic rings. The lowest BCUT2D eigenvalue weighted by atomic mass is 10.0. The summed E-state index contributed by atoms with van der Waals surface area (Å²) >= 11 is 0. The second-order valence-corrected chi connectivity index (χ2v) is 7.74. The van der Waals surface area contributed by atoms with E-state index in [-0.39, 0.29) is 18.2 Å². The molecule has 3 heterocycles. The number of rotatable bonds is 3. The monoisotopic (exact) mass is 424 g/mol. The van der Waals surface area contributed by atoms with Gasteiger partial charge >= 0.3 is 11.7 Å². The maximum Gasteiger partial charge on any atom is 0.346 e.